The van der Waals surface area contributed by atoms with Crippen molar-refractivity contribution < 1.29 is 14.4 Å². The molecule has 3 amide bonds. The van der Waals surface area contributed by atoms with Gasteiger partial charge in [0.1, 0.15) is 6.04 Å². The standard InChI is InChI=1S/C22H29N3O3/c1-2-20(26)23-15-16-10-12-17(13-11-16)21(27)24-19-9-6-14-25(22(19)28)18-7-4-3-5-8-18/h2,10-13,18-19H,1,3-9,14-15H2,(H,23,26)(H,24,27). The number of hydrogen-bond acceptors (Lipinski definition) is 3. The molecule has 1 aromatic rings. The van der Waals surface area contributed by atoms with E-state index in [9.17, 15) is 14.4 Å². The van der Waals surface area contributed by atoms with Crippen molar-refractivity contribution in [2.75, 3.05) is 6.54 Å². The van der Waals surface area contributed by atoms with E-state index in [4.69, 9.17) is 0 Å². The number of nitrogens with zero attached hydrogens (tertiary/aromatic N) is 1. The third-order valence-electron chi connectivity index (χ3n) is 5.66. The minimum atomic E-state index is -0.435. The molecule has 1 saturated carbocycles. The zero-order valence-electron chi connectivity index (χ0n) is 16.3. The maximum absolute atomic E-state index is 12.9. The van der Waals surface area contributed by atoms with Gasteiger partial charge in [0, 0.05) is 24.7 Å². The number of carbonyl (C=O) groups is 3. The highest BCUT2D eigenvalue weighted by molar-refractivity contribution is 5.97. The van der Waals surface area contributed by atoms with Crippen molar-refractivity contribution in [3.05, 3.63) is 48.0 Å². The van der Waals surface area contributed by atoms with Gasteiger partial charge in [-0.15, -0.1) is 0 Å². The van der Waals surface area contributed by atoms with E-state index in [1.165, 1.54) is 25.3 Å². The first kappa shape index (κ1) is 20.1. The molecule has 1 aromatic carbocycles. The summed E-state index contributed by atoms with van der Waals surface area (Å²) >= 11 is 0. The number of carbonyl (C=O) groups excluding carboxylic acids is 3. The van der Waals surface area contributed by atoms with Gasteiger partial charge in [0.2, 0.25) is 11.8 Å². The molecule has 2 fully saturated rings. The molecule has 28 heavy (non-hydrogen) atoms. The molecule has 1 heterocycles. The van der Waals surface area contributed by atoms with Crippen LogP contribution in [0.3, 0.4) is 0 Å². The first-order chi connectivity index (χ1) is 13.6. The van der Waals surface area contributed by atoms with E-state index in [1.807, 2.05) is 4.90 Å². The lowest BCUT2D eigenvalue weighted by Crippen LogP contribution is -2.55. The van der Waals surface area contributed by atoms with Gasteiger partial charge < -0.3 is 15.5 Å². The zero-order chi connectivity index (χ0) is 19.9. The lowest BCUT2D eigenvalue weighted by molar-refractivity contribution is -0.139. The van der Waals surface area contributed by atoms with E-state index in [1.54, 1.807) is 24.3 Å². The first-order valence-corrected chi connectivity index (χ1v) is 10.2. The second-order valence-corrected chi connectivity index (χ2v) is 7.61. The average molecular weight is 383 g/mol. The molecule has 1 aliphatic heterocycles. The van der Waals surface area contributed by atoms with Crippen LogP contribution in [0.1, 0.15) is 60.9 Å². The smallest absolute Gasteiger partial charge is 0.251 e. The van der Waals surface area contributed by atoms with Gasteiger partial charge in [-0.1, -0.05) is 38.0 Å². The van der Waals surface area contributed by atoms with Crippen molar-refractivity contribution >= 4 is 17.7 Å². The lowest BCUT2D eigenvalue weighted by Gasteiger charge is -2.39. The maximum Gasteiger partial charge on any atom is 0.251 e. The van der Waals surface area contributed by atoms with Gasteiger partial charge in [0.25, 0.3) is 5.91 Å². The Morgan fingerprint density at radius 3 is 2.46 bits per heavy atom. The highest BCUT2D eigenvalue weighted by Crippen LogP contribution is 2.26. The van der Waals surface area contributed by atoms with Crippen LogP contribution >= 0.6 is 0 Å². The number of likely N-dealkylation sites (tertiary alicyclic amines) is 1. The van der Waals surface area contributed by atoms with E-state index in [-0.39, 0.29) is 17.7 Å². The Hall–Kier alpha value is -2.63. The first-order valence-electron chi connectivity index (χ1n) is 10.2. The van der Waals surface area contributed by atoms with Crippen molar-refractivity contribution in [3.63, 3.8) is 0 Å². The fourth-order valence-electron chi connectivity index (χ4n) is 4.07. The summed E-state index contributed by atoms with van der Waals surface area (Å²) in [4.78, 5) is 38.7. The topological polar surface area (TPSA) is 78.5 Å². The summed E-state index contributed by atoms with van der Waals surface area (Å²) in [6.45, 7) is 4.60. The number of piperidine rings is 1. The van der Waals surface area contributed by atoms with Crippen molar-refractivity contribution in [2.24, 2.45) is 0 Å². The van der Waals surface area contributed by atoms with Gasteiger partial charge in [0.15, 0.2) is 0 Å². The highest BCUT2D eigenvalue weighted by Gasteiger charge is 2.34. The lowest BCUT2D eigenvalue weighted by atomic mass is 9.91. The molecule has 6 heteroatoms. The number of nitrogens with one attached hydrogen (secondary N) is 2. The van der Waals surface area contributed by atoms with Crippen LogP contribution < -0.4 is 10.6 Å². The molecule has 0 bridgehead atoms. The Balaban J connectivity index is 1.56. The van der Waals surface area contributed by atoms with Crippen LogP contribution in [0.4, 0.5) is 0 Å². The molecule has 0 aromatic heterocycles. The van der Waals surface area contributed by atoms with Crippen LogP contribution in [-0.2, 0) is 16.1 Å². The molecule has 1 atom stereocenters. The van der Waals surface area contributed by atoms with Gasteiger partial charge in [0.05, 0.1) is 0 Å². The van der Waals surface area contributed by atoms with E-state index in [0.717, 1.165) is 31.4 Å². The number of rotatable bonds is 6. The Morgan fingerprint density at radius 1 is 1.07 bits per heavy atom. The molecule has 0 radical (unpaired) electrons. The molecule has 150 valence electrons. The number of hydrogen-bond donors (Lipinski definition) is 2. The van der Waals surface area contributed by atoms with Crippen molar-refractivity contribution in [1.29, 1.82) is 0 Å². The van der Waals surface area contributed by atoms with Crippen LogP contribution in [0.25, 0.3) is 0 Å². The van der Waals surface area contributed by atoms with Gasteiger partial charge in [-0.25, -0.2) is 0 Å². The molecule has 1 saturated heterocycles. The van der Waals surface area contributed by atoms with E-state index < -0.39 is 6.04 Å². The minimum Gasteiger partial charge on any atom is -0.348 e. The Morgan fingerprint density at radius 2 is 1.79 bits per heavy atom. The second-order valence-electron chi connectivity index (χ2n) is 7.61. The average Bonchev–Trinajstić information content (AvgIpc) is 2.74. The van der Waals surface area contributed by atoms with Crippen molar-refractivity contribution in [3.8, 4) is 0 Å². The van der Waals surface area contributed by atoms with E-state index in [0.29, 0.717) is 24.6 Å². The monoisotopic (exact) mass is 383 g/mol. The molecule has 2 aliphatic rings. The maximum atomic E-state index is 12.9. The van der Waals surface area contributed by atoms with Gasteiger partial charge >= 0.3 is 0 Å². The fraction of sp³-hybridized carbons (Fsp3) is 0.500. The number of amides is 3. The van der Waals surface area contributed by atoms with Gasteiger partial charge in [-0.2, -0.15) is 0 Å². The third kappa shape index (κ3) is 5.00. The highest BCUT2D eigenvalue weighted by atomic mass is 16.2. The van der Waals surface area contributed by atoms with Crippen LogP contribution in [0.2, 0.25) is 0 Å². The summed E-state index contributed by atoms with van der Waals surface area (Å²) in [6, 6.07) is 6.94. The largest absolute Gasteiger partial charge is 0.348 e. The van der Waals surface area contributed by atoms with E-state index >= 15 is 0 Å². The molecule has 1 unspecified atom stereocenters. The zero-order valence-corrected chi connectivity index (χ0v) is 16.3. The van der Waals surface area contributed by atoms with Crippen LogP contribution in [-0.4, -0.2) is 41.2 Å². The quantitative estimate of drug-likeness (QED) is 0.741. The molecule has 3 rings (SSSR count). The third-order valence-corrected chi connectivity index (χ3v) is 5.66. The summed E-state index contributed by atoms with van der Waals surface area (Å²) in [7, 11) is 0. The SMILES string of the molecule is C=CC(=O)NCc1ccc(C(=O)NC2CCCN(C3CCCCC3)C2=O)cc1. The van der Waals surface area contributed by atoms with Crippen LogP contribution in [0.5, 0.6) is 0 Å². The normalized spacial score (nSPS) is 20.5. The Bertz CT molecular complexity index is 723. The van der Waals surface area contributed by atoms with Crippen LogP contribution in [0.15, 0.2) is 36.9 Å². The van der Waals surface area contributed by atoms with Crippen molar-refractivity contribution in [2.45, 2.75) is 63.6 Å². The predicted molar refractivity (Wildman–Crippen MR) is 108 cm³/mol. The molecule has 1 aliphatic carbocycles. The summed E-state index contributed by atoms with van der Waals surface area (Å²) in [5, 5.41) is 5.62. The van der Waals surface area contributed by atoms with Gasteiger partial charge in [-0.3, -0.25) is 14.4 Å². The molecular formula is C22H29N3O3. The predicted octanol–water partition coefficient (Wildman–Crippen LogP) is 2.54. The minimum absolute atomic E-state index is 0.0651. The molecule has 0 spiro atoms. The van der Waals surface area contributed by atoms with E-state index in [2.05, 4.69) is 17.2 Å². The molecule has 6 nitrogen and oxygen atoms in total. The summed E-state index contributed by atoms with van der Waals surface area (Å²) < 4.78 is 0. The Kier molecular flexibility index (Phi) is 6.85. The summed E-state index contributed by atoms with van der Waals surface area (Å²) in [5.41, 5.74) is 1.41. The molecule has 2 N–H and O–H groups in total. The second kappa shape index (κ2) is 9.53. The fourth-order valence-corrected chi connectivity index (χ4v) is 4.07. The number of benzene rings is 1. The van der Waals surface area contributed by atoms with Crippen molar-refractivity contribution in [1.82, 2.24) is 15.5 Å². The van der Waals surface area contributed by atoms with Crippen LogP contribution in [0, 0.1) is 0 Å². The summed E-state index contributed by atoms with van der Waals surface area (Å²) in [6.07, 6.45) is 8.63. The Labute approximate surface area is 166 Å². The van der Waals surface area contributed by atoms with Gasteiger partial charge in [-0.05, 0) is 49.5 Å². The molecular weight excluding hydrogens is 354 g/mol. The summed E-state index contributed by atoms with van der Waals surface area (Å²) in [5.74, 6) is -0.402.